The van der Waals surface area contributed by atoms with E-state index in [1.54, 1.807) is 0 Å². The van der Waals surface area contributed by atoms with Crippen LogP contribution in [0.2, 0.25) is 0 Å². The van der Waals surface area contributed by atoms with E-state index in [2.05, 4.69) is 10.5 Å². The average molecular weight is 298 g/mol. The number of hydrogen-bond acceptors (Lipinski definition) is 5. The number of amides is 1. The molecular weight excluding hydrogens is 284 g/mol. The van der Waals surface area contributed by atoms with E-state index in [0.29, 0.717) is 18.5 Å². The number of anilines is 1. The molecule has 1 amide bonds. The number of carbonyl (C=O) groups excluding carboxylic acids is 1. The Kier molecular flexibility index (Phi) is 3.40. The van der Waals surface area contributed by atoms with E-state index in [1.165, 1.54) is 24.3 Å². The van der Waals surface area contributed by atoms with Gasteiger partial charge in [-0.3, -0.25) is 4.79 Å². The molecule has 0 bridgehead atoms. The monoisotopic (exact) mass is 298 g/mol. The zero-order valence-corrected chi connectivity index (χ0v) is 11.2. The molecule has 0 unspecified atom stereocenters. The molecule has 6 N–H and O–H groups in total. The van der Waals surface area contributed by atoms with Crippen molar-refractivity contribution in [3.8, 4) is 0 Å². The Hall–Kier alpha value is -2.13. The average Bonchev–Trinajstić information content (AvgIpc) is 3.19. The van der Waals surface area contributed by atoms with E-state index in [9.17, 15) is 13.2 Å². The minimum Gasteiger partial charge on any atom is -0.409 e. The zero-order chi connectivity index (χ0) is 15.0. The van der Waals surface area contributed by atoms with Gasteiger partial charge < -0.3 is 16.3 Å². The Morgan fingerprint density at radius 1 is 1.30 bits per heavy atom. The van der Waals surface area contributed by atoms with Gasteiger partial charge in [-0.1, -0.05) is 5.16 Å². The van der Waals surface area contributed by atoms with Gasteiger partial charge in [0.05, 0.1) is 4.90 Å². The number of nitrogens with zero attached hydrogens (tertiary/aromatic N) is 1. The van der Waals surface area contributed by atoms with Crippen molar-refractivity contribution in [1.29, 1.82) is 0 Å². The van der Waals surface area contributed by atoms with Crippen molar-refractivity contribution in [3.05, 3.63) is 24.3 Å². The summed E-state index contributed by atoms with van der Waals surface area (Å²) in [6, 6.07) is 5.40. The molecule has 0 atom stereocenters. The Bertz CT molecular complexity index is 662. The molecule has 108 valence electrons. The predicted octanol–water partition coefficient (Wildman–Crippen LogP) is -0.201. The lowest BCUT2D eigenvalue weighted by atomic mass is 10.1. The van der Waals surface area contributed by atoms with Gasteiger partial charge in [-0.15, -0.1) is 0 Å². The first kappa shape index (κ1) is 14.3. The third-order valence-electron chi connectivity index (χ3n) is 3.22. The third kappa shape index (κ3) is 2.58. The highest BCUT2D eigenvalue weighted by atomic mass is 32.2. The fraction of sp³-hybridized carbons (Fsp3) is 0.273. The van der Waals surface area contributed by atoms with Crippen molar-refractivity contribution in [2.24, 2.45) is 21.4 Å². The lowest BCUT2D eigenvalue weighted by molar-refractivity contribution is -0.119. The maximum absolute atomic E-state index is 12.1. The van der Waals surface area contributed by atoms with E-state index >= 15 is 0 Å². The van der Waals surface area contributed by atoms with Crippen molar-refractivity contribution < 1.29 is 18.4 Å². The summed E-state index contributed by atoms with van der Waals surface area (Å²) in [6.45, 7) is 0. The van der Waals surface area contributed by atoms with Crippen molar-refractivity contribution >= 4 is 27.5 Å². The summed E-state index contributed by atoms with van der Waals surface area (Å²) in [5.41, 5.74) is 4.93. The zero-order valence-electron chi connectivity index (χ0n) is 10.4. The second-order valence-electron chi connectivity index (χ2n) is 4.59. The molecule has 2 rings (SSSR count). The van der Waals surface area contributed by atoms with Crippen LogP contribution >= 0.6 is 0 Å². The van der Waals surface area contributed by atoms with E-state index < -0.39 is 21.3 Å². The highest BCUT2D eigenvalue weighted by Gasteiger charge is 2.54. The summed E-state index contributed by atoms with van der Waals surface area (Å²) < 4.78 is 22.2. The maximum Gasteiger partial charge on any atom is 0.238 e. The SMILES string of the molecule is N/C(=N/O)C1(C(=O)Nc2ccc(S(N)(=O)=O)cc2)CC1. The molecule has 0 aromatic heterocycles. The van der Waals surface area contributed by atoms with Crippen molar-refractivity contribution in [3.63, 3.8) is 0 Å². The molecule has 1 aromatic rings. The second kappa shape index (κ2) is 4.76. The minimum absolute atomic E-state index is 0.0481. The molecule has 1 aliphatic carbocycles. The molecule has 0 radical (unpaired) electrons. The largest absolute Gasteiger partial charge is 0.409 e. The second-order valence-corrected chi connectivity index (χ2v) is 6.15. The number of rotatable bonds is 4. The van der Waals surface area contributed by atoms with E-state index in [0.717, 1.165) is 0 Å². The van der Waals surface area contributed by atoms with Crippen LogP contribution in [0.5, 0.6) is 0 Å². The smallest absolute Gasteiger partial charge is 0.238 e. The van der Waals surface area contributed by atoms with Gasteiger partial charge in [-0.05, 0) is 37.1 Å². The first-order valence-electron chi connectivity index (χ1n) is 5.72. The van der Waals surface area contributed by atoms with Gasteiger partial charge in [-0.25, -0.2) is 13.6 Å². The summed E-state index contributed by atoms with van der Waals surface area (Å²) in [6.07, 6.45) is 1.01. The Labute approximate surface area is 115 Å². The standard InChI is InChI=1S/C11H14N4O4S/c12-9(15-17)11(5-6-11)10(16)14-7-1-3-8(4-2-7)20(13,18)19/h1-4,17H,5-6H2,(H2,12,15)(H,14,16)(H2,13,18,19). The fourth-order valence-corrected chi connectivity index (χ4v) is 2.31. The Balaban J connectivity index is 2.14. The van der Waals surface area contributed by atoms with Gasteiger partial charge >= 0.3 is 0 Å². The molecule has 1 aromatic carbocycles. The first-order chi connectivity index (χ1) is 9.29. The highest BCUT2D eigenvalue weighted by Crippen LogP contribution is 2.46. The van der Waals surface area contributed by atoms with Crippen LogP contribution in [0.3, 0.4) is 0 Å². The maximum atomic E-state index is 12.1. The number of oxime groups is 1. The van der Waals surface area contributed by atoms with Crippen LogP contribution in [0.4, 0.5) is 5.69 Å². The third-order valence-corrected chi connectivity index (χ3v) is 4.15. The summed E-state index contributed by atoms with van der Waals surface area (Å²) in [5.74, 6) is -0.521. The molecule has 9 heteroatoms. The van der Waals surface area contributed by atoms with Crippen LogP contribution in [-0.2, 0) is 14.8 Å². The number of nitrogens with one attached hydrogen (secondary N) is 1. The van der Waals surface area contributed by atoms with Gasteiger partial charge in [0.2, 0.25) is 15.9 Å². The molecular formula is C11H14N4O4S. The Morgan fingerprint density at radius 2 is 1.85 bits per heavy atom. The minimum atomic E-state index is -3.77. The van der Waals surface area contributed by atoms with Gasteiger partial charge in [0.1, 0.15) is 5.41 Å². The lowest BCUT2D eigenvalue weighted by Gasteiger charge is -2.13. The quantitative estimate of drug-likeness (QED) is 0.263. The fourth-order valence-electron chi connectivity index (χ4n) is 1.80. The van der Waals surface area contributed by atoms with Crippen LogP contribution in [0.25, 0.3) is 0 Å². The lowest BCUT2D eigenvalue weighted by Crippen LogP contribution is -2.36. The van der Waals surface area contributed by atoms with Crippen molar-refractivity contribution in [2.75, 3.05) is 5.32 Å². The van der Waals surface area contributed by atoms with Crippen molar-refractivity contribution in [2.45, 2.75) is 17.7 Å². The van der Waals surface area contributed by atoms with E-state index in [4.69, 9.17) is 16.1 Å². The predicted molar refractivity (Wildman–Crippen MR) is 71.5 cm³/mol. The number of nitrogens with two attached hydrogens (primary N) is 2. The number of sulfonamides is 1. The molecule has 20 heavy (non-hydrogen) atoms. The molecule has 0 heterocycles. The molecule has 1 aliphatic rings. The van der Waals surface area contributed by atoms with Gasteiger partial charge in [0, 0.05) is 5.69 Å². The molecule has 1 saturated carbocycles. The van der Waals surface area contributed by atoms with Crippen LogP contribution < -0.4 is 16.2 Å². The highest BCUT2D eigenvalue weighted by molar-refractivity contribution is 7.89. The van der Waals surface area contributed by atoms with Gasteiger partial charge in [0.15, 0.2) is 5.84 Å². The molecule has 0 spiro atoms. The van der Waals surface area contributed by atoms with Crippen LogP contribution in [-0.4, -0.2) is 25.4 Å². The summed E-state index contributed by atoms with van der Waals surface area (Å²) in [7, 11) is -3.77. The summed E-state index contributed by atoms with van der Waals surface area (Å²) in [4.78, 5) is 12.0. The topological polar surface area (TPSA) is 148 Å². The molecule has 8 nitrogen and oxygen atoms in total. The number of hydrogen-bond donors (Lipinski definition) is 4. The number of primary sulfonamides is 1. The van der Waals surface area contributed by atoms with E-state index in [1.807, 2.05) is 0 Å². The Morgan fingerprint density at radius 3 is 2.25 bits per heavy atom. The van der Waals surface area contributed by atoms with Crippen LogP contribution in [0.15, 0.2) is 34.3 Å². The van der Waals surface area contributed by atoms with Crippen molar-refractivity contribution in [1.82, 2.24) is 0 Å². The number of amidine groups is 1. The van der Waals surface area contributed by atoms with Gasteiger partial charge in [0.25, 0.3) is 0 Å². The molecule has 0 aliphatic heterocycles. The van der Waals surface area contributed by atoms with Crippen LogP contribution in [0.1, 0.15) is 12.8 Å². The van der Waals surface area contributed by atoms with Gasteiger partial charge in [-0.2, -0.15) is 0 Å². The summed E-state index contributed by atoms with van der Waals surface area (Å²) >= 11 is 0. The normalized spacial score (nSPS) is 17.6. The number of carbonyl (C=O) groups is 1. The molecule has 0 saturated heterocycles. The van der Waals surface area contributed by atoms with Crippen LogP contribution in [0, 0.1) is 5.41 Å². The first-order valence-corrected chi connectivity index (χ1v) is 7.26. The van der Waals surface area contributed by atoms with E-state index in [-0.39, 0.29) is 10.7 Å². The molecule has 1 fully saturated rings. The summed E-state index contributed by atoms with van der Waals surface area (Å²) in [5, 5.41) is 19.1. The number of benzene rings is 1.